The highest BCUT2D eigenvalue weighted by Gasteiger charge is 2.16. The molecule has 4 nitrogen and oxygen atoms in total. The van der Waals surface area contributed by atoms with Crippen LogP contribution in [0.5, 0.6) is 5.75 Å². The van der Waals surface area contributed by atoms with Gasteiger partial charge in [-0.05, 0) is 103 Å². The van der Waals surface area contributed by atoms with Crippen LogP contribution in [0.25, 0.3) is 22.3 Å². The van der Waals surface area contributed by atoms with Gasteiger partial charge in [0.2, 0.25) is 0 Å². The standard InChI is InChI=1S/C36H44O4/c1-26(2)36(38)40-23-8-7-22-39-35-25-33(18-17-31(35)12-9-21-37)34-20-19-32(24-27(34)3)30-15-13-29(14-16-30)28-10-5-4-6-11-28/h13-20,24-25,28,37H,1,4-12,21-23H2,2-3H3. The Labute approximate surface area is 240 Å². The second kappa shape index (κ2) is 14.9. The molecule has 0 radical (unpaired) electrons. The molecule has 0 aromatic heterocycles. The maximum absolute atomic E-state index is 11.5. The van der Waals surface area contributed by atoms with E-state index in [2.05, 4.69) is 74.2 Å². The fraction of sp³-hybridized carbons (Fsp3) is 0.417. The number of aryl methyl sites for hydroxylation is 2. The van der Waals surface area contributed by atoms with E-state index in [0.717, 1.165) is 42.1 Å². The molecule has 1 aliphatic carbocycles. The third kappa shape index (κ3) is 8.08. The van der Waals surface area contributed by atoms with Crippen LogP contribution in [0.1, 0.15) is 80.9 Å². The van der Waals surface area contributed by atoms with E-state index in [9.17, 15) is 9.90 Å². The lowest BCUT2D eigenvalue weighted by Crippen LogP contribution is -2.08. The lowest BCUT2D eigenvalue weighted by Gasteiger charge is -2.22. The molecule has 3 aromatic carbocycles. The topological polar surface area (TPSA) is 55.8 Å². The summed E-state index contributed by atoms with van der Waals surface area (Å²) in [6.45, 7) is 8.47. The predicted molar refractivity (Wildman–Crippen MR) is 164 cm³/mol. The Morgan fingerprint density at radius 1 is 0.875 bits per heavy atom. The monoisotopic (exact) mass is 540 g/mol. The molecule has 212 valence electrons. The molecule has 1 fully saturated rings. The lowest BCUT2D eigenvalue weighted by atomic mass is 9.83. The number of hydrogen-bond acceptors (Lipinski definition) is 4. The Morgan fingerprint density at radius 2 is 1.57 bits per heavy atom. The largest absolute Gasteiger partial charge is 0.493 e. The zero-order chi connectivity index (χ0) is 28.3. The van der Waals surface area contributed by atoms with Crippen molar-refractivity contribution < 1.29 is 19.4 Å². The van der Waals surface area contributed by atoms with Crippen LogP contribution < -0.4 is 4.74 Å². The predicted octanol–water partition coefficient (Wildman–Crippen LogP) is 8.58. The second-order valence-corrected chi connectivity index (χ2v) is 11.1. The first-order valence-corrected chi connectivity index (χ1v) is 14.9. The van der Waals surface area contributed by atoms with Gasteiger partial charge in [-0.2, -0.15) is 0 Å². The summed E-state index contributed by atoms with van der Waals surface area (Å²) >= 11 is 0. The molecule has 0 bridgehead atoms. The maximum Gasteiger partial charge on any atom is 0.333 e. The molecule has 4 rings (SSSR count). The molecule has 40 heavy (non-hydrogen) atoms. The van der Waals surface area contributed by atoms with Crippen LogP contribution in [-0.2, 0) is 16.0 Å². The van der Waals surface area contributed by atoms with Crippen LogP contribution in [0.4, 0.5) is 0 Å². The van der Waals surface area contributed by atoms with Gasteiger partial charge in [-0.1, -0.05) is 80.4 Å². The van der Waals surface area contributed by atoms with Gasteiger partial charge < -0.3 is 14.6 Å². The van der Waals surface area contributed by atoms with Crippen molar-refractivity contribution in [1.82, 2.24) is 0 Å². The van der Waals surface area contributed by atoms with Gasteiger partial charge in [0, 0.05) is 12.2 Å². The fourth-order valence-corrected chi connectivity index (χ4v) is 5.56. The molecule has 1 N–H and O–H groups in total. The van der Waals surface area contributed by atoms with Crippen LogP contribution in [-0.4, -0.2) is 30.9 Å². The number of carbonyl (C=O) groups is 1. The minimum atomic E-state index is -0.349. The summed E-state index contributed by atoms with van der Waals surface area (Å²) < 4.78 is 11.4. The molecule has 1 saturated carbocycles. The summed E-state index contributed by atoms with van der Waals surface area (Å²) in [4.78, 5) is 11.5. The van der Waals surface area contributed by atoms with Crippen LogP contribution in [0.3, 0.4) is 0 Å². The van der Waals surface area contributed by atoms with Crippen molar-refractivity contribution in [2.24, 2.45) is 0 Å². The third-order valence-corrected chi connectivity index (χ3v) is 7.91. The average molecular weight is 541 g/mol. The summed E-state index contributed by atoms with van der Waals surface area (Å²) in [7, 11) is 0. The molecule has 0 heterocycles. The molecule has 0 spiro atoms. The number of ether oxygens (including phenoxy) is 2. The highest BCUT2D eigenvalue weighted by molar-refractivity contribution is 5.86. The molecular weight excluding hydrogens is 496 g/mol. The smallest absolute Gasteiger partial charge is 0.333 e. The van der Waals surface area contributed by atoms with Gasteiger partial charge in [0.05, 0.1) is 13.2 Å². The number of carbonyl (C=O) groups excluding carboxylic acids is 1. The minimum absolute atomic E-state index is 0.150. The molecule has 3 aromatic rings. The van der Waals surface area contributed by atoms with Gasteiger partial charge >= 0.3 is 5.97 Å². The summed E-state index contributed by atoms with van der Waals surface area (Å²) in [5.74, 6) is 1.23. The van der Waals surface area contributed by atoms with E-state index in [-0.39, 0.29) is 12.6 Å². The van der Waals surface area contributed by atoms with E-state index in [1.165, 1.54) is 59.9 Å². The number of aliphatic hydroxyl groups is 1. The number of hydrogen-bond donors (Lipinski definition) is 1. The van der Waals surface area contributed by atoms with Gasteiger partial charge in [-0.15, -0.1) is 0 Å². The minimum Gasteiger partial charge on any atom is -0.493 e. The quantitative estimate of drug-likeness (QED) is 0.134. The number of unbranched alkanes of at least 4 members (excludes halogenated alkanes) is 1. The molecule has 4 heteroatoms. The Bertz CT molecular complexity index is 1270. The third-order valence-electron chi connectivity index (χ3n) is 7.91. The second-order valence-electron chi connectivity index (χ2n) is 11.1. The van der Waals surface area contributed by atoms with Gasteiger partial charge in [0.15, 0.2) is 0 Å². The zero-order valence-corrected chi connectivity index (χ0v) is 24.2. The fourth-order valence-electron chi connectivity index (χ4n) is 5.56. The van der Waals surface area contributed by atoms with Gasteiger partial charge in [0.25, 0.3) is 0 Å². The molecular formula is C36H44O4. The molecule has 0 unspecified atom stereocenters. The van der Waals surface area contributed by atoms with Crippen molar-refractivity contribution in [2.75, 3.05) is 19.8 Å². The van der Waals surface area contributed by atoms with Crippen molar-refractivity contribution >= 4 is 5.97 Å². The highest BCUT2D eigenvalue weighted by Crippen LogP contribution is 2.35. The number of rotatable bonds is 13. The van der Waals surface area contributed by atoms with E-state index in [4.69, 9.17) is 9.47 Å². The molecule has 0 aliphatic heterocycles. The number of aliphatic hydroxyl groups excluding tert-OH is 1. The molecule has 0 saturated heterocycles. The van der Waals surface area contributed by atoms with Crippen molar-refractivity contribution in [3.63, 3.8) is 0 Å². The maximum atomic E-state index is 11.5. The van der Waals surface area contributed by atoms with E-state index in [1.54, 1.807) is 6.92 Å². The van der Waals surface area contributed by atoms with Crippen LogP contribution in [0.2, 0.25) is 0 Å². The first-order valence-electron chi connectivity index (χ1n) is 14.9. The van der Waals surface area contributed by atoms with Crippen LogP contribution >= 0.6 is 0 Å². The Balaban J connectivity index is 1.43. The summed E-state index contributed by atoms with van der Waals surface area (Å²) in [5.41, 5.74) is 9.02. The SMILES string of the molecule is C=C(C)C(=O)OCCCCOc1cc(-c2ccc(-c3ccc(C4CCCCC4)cc3)cc2C)ccc1CCCO. The molecule has 0 amide bonds. The van der Waals surface area contributed by atoms with Crippen molar-refractivity contribution in [3.05, 3.63) is 89.5 Å². The van der Waals surface area contributed by atoms with E-state index in [0.29, 0.717) is 25.2 Å². The summed E-state index contributed by atoms with van der Waals surface area (Å²) in [5, 5.41) is 9.36. The molecule has 0 atom stereocenters. The van der Waals surface area contributed by atoms with Gasteiger partial charge in [-0.25, -0.2) is 4.79 Å². The lowest BCUT2D eigenvalue weighted by molar-refractivity contribution is -0.139. The Kier molecular flexibility index (Phi) is 11.0. The number of benzene rings is 3. The normalized spacial score (nSPS) is 13.7. The highest BCUT2D eigenvalue weighted by atomic mass is 16.5. The zero-order valence-electron chi connectivity index (χ0n) is 24.2. The van der Waals surface area contributed by atoms with Crippen molar-refractivity contribution in [1.29, 1.82) is 0 Å². The first kappa shape index (κ1) is 29.6. The average Bonchev–Trinajstić information content (AvgIpc) is 2.98. The van der Waals surface area contributed by atoms with E-state index in [1.807, 2.05) is 0 Å². The van der Waals surface area contributed by atoms with E-state index < -0.39 is 0 Å². The molecule has 1 aliphatic rings. The van der Waals surface area contributed by atoms with Crippen LogP contribution in [0, 0.1) is 6.92 Å². The summed E-state index contributed by atoms with van der Waals surface area (Å²) in [6, 6.07) is 22.3. The van der Waals surface area contributed by atoms with Gasteiger partial charge in [-0.3, -0.25) is 0 Å². The summed E-state index contributed by atoms with van der Waals surface area (Å²) in [6.07, 6.45) is 9.70. The Morgan fingerprint density at radius 3 is 2.27 bits per heavy atom. The first-order chi connectivity index (χ1) is 19.5. The Hall–Kier alpha value is -3.37. The number of esters is 1. The van der Waals surface area contributed by atoms with Crippen molar-refractivity contribution in [2.45, 2.75) is 77.6 Å². The van der Waals surface area contributed by atoms with Crippen molar-refractivity contribution in [3.8, 4) is 28.0 Å². The van der Waals surface area contributed by atoms with Gasteiger partial charge in [0.1, 0.15) is 5.75 Å². The van der Waals surface area contributed by atoms with Crippen LogP contribution in [0.15, 0.2) is 72.8 Å². The van der Waals surface area contributed by atoms with E-state index >= 15 is 0 Å².